The Hall–Kier alpha value is 0.270. The molecule has 0 aromatic rings. The monoisotopic (exact) mass is 244 g/mol. The summed E-state index contributed by atoms with van der Waals surface area (Å²) >= 11 is 1.94. The van der Waals surface area contributed by atoms with E-state index in [-0.39, 0.29) is 0 Å². The van der Waals surface area contributed by atoms with Crippen LogP contribution >= 0.6 is 11.8 Å². The minimum absolute atomic E-state index is 0.887. The van der Waals surface area contributed by atoms with E-state index in [9.17, 15) is 0 Å². The molecule has 1 N–H and O–H groups in total. The van der Waals surface area contributed by atoms with Gasteiger partial charge in [-0.2, -0.15) is 11.8 Å². The first-order valence-corrected chi connectivity index (χ1v) is 8.13. The maximum Gasteiger partial charge on any atom is 0.00692 e. The van der Waals surface area contributed by atoms with Gasteiger partial charge in [-0.1, -0.05) is 12.8 Å². The highest BCUT2D eigenvalue weighted by molar-refractivity contribution is 7.98. The Labute approximate surface area is 106 Å². The van der Waals surface area contributed by atoms with Crippen molar-refractivity contribution in [1.82, 2.24) is 10.2 Å². The molecule has 0 unspecified atom stereocenters. The summed E-state index contributed by atoms with van der Waals surface area (Å²) in [6, 6.07) is 0.887. The van der Waals surface area contributed by atoms with E-state index < -0.39 is 0 Å². The lowest BCUT2D eigenvalue weighted by molar-refractivity contribution is 0.343. The number of rotatable bonds is 11. The van der Waals surface area contributed by atoms with Gasteiger partial charge in [-0.15, -0.1) is 0 Å². The van der Waals surface area contributed by atoms with Gasteiger partial charge in [-0.25, -0.2) is 0 Å². The average Bonchev–Trinajstić information content (AvgIpc) is 3.09. The number of nitrogens with zero attached hydrogens (tertiary/aromatic N) is 1. The summed E-state index contributed by atoms with van der Waals surface area (Å²) in [4.78, 5) is 2.46. The van der Waals surface area contributed by atoms with Crippen LogP contribution in [0.4, 0.5) is 0 Å². The molecule has 0 aromatic carbocycles. The Morgan fingerprint density at radius 3 is 2.56 bits per heavy atom. The number of unbranched alkanes of at least 4 members (excludes halogenated alkanes) is 3. The fraction of sp³-hybridized carbons (Fsp3) is 1.00. The topological polar surface area (TPSA) is 15.3 Å². The van der Waals surface area contributed by atoms with Gasteiger partial charge >= 0.3 is 0 Å². The van der Waals surface area contributed by atoms with Gasteiger partial charge in [0.15, 0.2) is 0 Å². The van der Waals surface area contributed by atoms with E-state index in [0.717, 1.165) is 6.04 Å². The first-order chi connectivity index (χ1) is 7.83. The second-order valence-corrected chi connectivity index (χ2v) is 5.92. The van der Waals surface area contributed by atoms with Gasteiger partial charge in [-0.3, -0.25) is 0 Å². The summed E-state index contributed by atoms with van der Waals surface area (Å²) in [7, 11) is 2.24. The highest BCUT2D eigenvalue weighted by atomic mass is 32.2. The van der Waals surface area contributed by atoms with Gasteiger partial charge in [0.2, 0.25) is 0 Å². The third-order valence-corrected chi connectivity index (χ3v) is 3.74. The zero-order chi connectivity index (χ0) is 11.6. The molecule has 0 atom stereocenters. The van der Waals surface area contributed by atoms with Crippen LogP contribution in [0.1, 0.15) is 38.5 Å². The molecule has 0 spiro atoms. The maximum absolute atomic E-state index is 3.57. The predicted molar refractivity (Wildman–Crippen MR) is 75.4 cm³/mol. The van der Waals surface area contributed by atoms with Crippen molar-refractivity contribution in [1.29, 1.82) is 0 Å². The standard InChI is InChI=1S/C13H28N2S/c1-15(11-12-16-2)10-6-4-3-5-9-14-13-7-8-13/h13-14H,3-12H2,1-2H3. The van der Waals surface area contributed by atoms with Crippen LogP contribution in [0.5, 0.6) is 0 Å². The molecule has 0 radical (unpaired) electrons. The third kappa shape index (κ3) is 8.43. The molecule has 1 fully saturated rings. The fourth-order valence-corrected chi connectivity index (χ4v) is 2.31. The van der Waals surface area contributed by atoms with Gasteiger partial charge in [0.1, 0.15) is 0 Å². The summed E-state index contributed by atoms with van der Waals surface area (Å²) in [5, 5.41) is 3.57. The van der Waals surface area contributed by atoms with Crippen molar-refractivity contribution >= 4 is 11.8 Å². The SMILES string of the molecule is CSCCN(C)CCCCCCNC1CC1. The molecule has 0 saturated heterocycles. The summed E-state index contributed by atoms with van der Waals surface area (Å²) in [6.45, 7) is 3.76. The number of hydrogen-bond donors (Lipinski definition) is 1. The molecule has 0 aliphatic heterocycles. The van der Waals surface area contributed by atoms with Crippen molar-refractivity contribution in [3.63, 3.8) is 0 Å². The summed E-state index contributed by atoms with van der Waals surface area (Å²) in [6.07, 6.45) is 10.5. The second kappa shape index (κ2) is 9.32. The summed E-state index contributed by atoms with van der Waals surface area (Å²) in [5.41, 5.74) is 0. The normalized spacial score (nSPS) is 15.9. The Bertz CT molecular complexity index is 160. The zero-order valence-corrected chi connectivity index (χ0v) is 11.8. The van der Waals surface area contributed by atoms with Gasteiger partial charge in [-0.05, 0) is 52.1 Å². The minimum atomic E-state index is 0.887. The molecule has 3 heteroatoms. The molecular formula is C13H28N2S. The Morgan fingerprint density at radius 1 is 1.12 bits per heavy atom. The van der Waals surface area contributed by atoms with Crippen LogP contribution in [-0.4, -0.2) is 49.6 Å². The van der Waals surface area contributed by atoms with Crippen molar-refractivity contribution in [3.05, 3.63) is 0 Å². The lowest BCUT2D eigenvalue weighted by Gasteiger charge is -2.15. The largest absolute Gasteiger partial charge is 0.314 e. The minimum Gasteiger partial charge on any atom is -0.314 e. The number of thioether (sulfide) groups is 1. The number of nitrogens with one attached hydrogen (secondary N) is 1. The van der Waals surface area contributed by atoms with E-state index in [0.29, 0.717) is 0 Å². The molecule has 2 nitrogen and oxygen atoms in total. The van der Waals surface area contributed by atoms with Crippen LogP contribution in [0.2, 0.25) is 0 Å². The van der Waals surface area contributed by atoms with Gasteiger partial charge in [0.25, 0.3) is 0 Å². The van der Waals surface area contributed by atoms with Crippen molar-refractivity contribution in [3.8, 4) is 0 Å². The van der Waals surface area contributed by atoms with E-state index in [1.807, 2.05) is 11.8 Å². The van der Waals surface area contributed by atoms with E-state index in [1.165, 1.54) is 63.9 Å². The smallest absolute Gasteiger partial charge is 0.00692 e. The molecule has 96 valence electrons. The van der Waals surface area contributed by atoms with Crippen molar-refractivity contribution in [2.45, 2.75) is 44.6 Å². The second-order valence-electron chi connectivity index (χ2n) is 4.94. The third-order valence-electron chi connectivity index (χ3n) is 3.15. The van der Waals surface area contributed by atoms with Crippen molar-refractivity contribution in [2.75, 3.05) is 38.7 Å². The fourth-order valence-electron chi connectivity index (χ4n) is 1.81. The molecule has 1 rings (SSSR count). The lowest BCUT2D eigenvalue weighted by Crippen LogP contribution is -2.22. The zero-order valence-electron chi connectivity index (χ0n) is 11.0. The van der Waals surface area contributed by atoms with E-state index in [4.69, 9.17) is 0 Å². The number of hydrogen-bond acceptors (Lipinski definition) is 3. The van der Waals surface area contributed by atoms with Gasteiger partial charge in [0, 0.05) is 18.3 Å². The van der Waals surface area contributed by atoms with Crippen molar-refractivity contribution < 1.29 is 0 Å². The molecular weight excluding hydrogens is 216 g/mol. The first kappa shape index (κ1) is 14.3. The van der Waals surface area contributed by atoms with E-state index in [2.05, 4.69) is 23.5 Å². The van der Waals surface area contributed by atoms with Crippen LogP contribution in [0.15, 0.2) is 0 Å². The van der Waals surface area contributed by atoms with E-state index in [1.54, 1.807) is 0 Å². The van der Waals surface area contributed by atoms with Gasteiger partial charge in [0.05, 0.1) is 0 Å². The van der Waals surface area contributed by atoms with Crippen molar-refractivity contribution in [2.24, 2.45) is 0 Å². The molecule has 0 bridgehead atoms. The quantitative estimate of drug-likeness (QED) is 0.562. The molecule has 0 aromatic heterocycles. The van der Waals surface area contributed by atoms with E-state index >= 15 is 0 Å². The Morgan fingerprint density at radius 2 is 1.88 bits per heavy atom. The van der Waals surface area contributed by atoms with Crippen LogP contribution in [0.3, 0.4) is 0 Å². The predicted octanol–water partition coefficient (Wildman–Crippen LogP) is 2.59. The highest BCUT2D eigenvalue weighted by Gasteiger charge is 2.19. The summed E-state index contributed by atoms with van der Waals surface area (Å²) < 4.78 is 0. The average molecular weight is 244 g/mol. The molecule has 1 aliphatic rings. The lowest BCUT2D eigenvalue weighted by atomic mass is 10.2. The molecule has 0 heterocycles. The van der Waals surface area contributed by atoms with Crippen LogP contribution < -0.4 is 5.32 Å². The molecule has 1 saturated carbocycles. The molecule has 0 amide bonds. The molecule has 16 heavy (non-hydrogen) atoms. The molecule has 1 aliphatic carbocycles. The Kier molecular flexibility index (Phi) is 8.34. The highest BCUT2D eigenvalue weighted by Crippen LogP contribution is 2.18. The van der Waals surface area contributed by atoms with Crippen LogP contribution in [0.25, 0.3) is 0 Å². The van der Waals surface area contributed by atoms with Crippen LogP contribution in [0, 0.1) is 0 Å². The summed E-state index contributed by atoms with van der Waals surface area (Å²) in [5.74, 6) is 1.27. The van der Waals surface area contributed by atoms with Gasteiger partial charge < -0.3 is 10.2 Å². The maximum atomic E-state index is 3.57. The Balaban J connectivity index is 1.72. The first-order valence-electron chi connectivity index (χ1n) is 6.74. The van der Waals surface area contributed by atoms with Crippen LogP contribution in [-0.2, 0) is 0 Å².